The Labute approximate surface area is 141 Å². The molecule has 1 aromatic heterocycles. The van der Waals surface area contributed by atoms with Gasteiger partial charge in [0, 0.05) is 5.56 Å². The molecule has 1 saturated carbocycles. The highest BCUT2D eigenvalue weighted by Gasteiger charge is 2.37. The highest BCUT2D eigenvalue weighted by Crippen LogP contribution is 2.39. The van der Waals surface area contributed by atoms with Crippen molar-refractivity contribution in [3.05, 3.63) is 41.2 Å². The van der Waals surface area contributed by atoms with E-state index in [0.717, 1.165) is 11.1 Å². The van der Waals surface area contributed by atoms with E-state index in [-0.39, 0.29) is 16.9 Å². The fourth-order valence-corrected chi connectivity index (χ4v) is 3.31. The summed E-state index contributed by atoms with van der Waals surface area (Å²) in [5, 5.41) is 0.192. The van der Waals surface area contributed by atoms with E-state index in [1.807, 2.05) is 24.3 Å². The first-order chi connectivity index (χ1) is 11.3. The Morgan fingerprint density at radius 1 is 1.25 bits per heavy atom. The fourth-order valence-electron chi connectivity index (χ4n) is 3.05. The quantitative estimate of drug-likeness (QED) is 0.875. The second kappa shape index (κ2) is 6.57. The molecule has 0 radical (unpaired) electrons. The van der Waals surface area contributed by atoms with Crippen molar-refractivity contribution in [1.82, 2.24) is 9.97 Å². The van der Waals surface area contributed by atoms with Crippen molar-refractivity contribution >= 4 is 17.4 Å². The lowest BCUT2D eigenvalue weighted by molar-refractivity contribution is -0.341. The lowest BCUT2D eigenvalue weighted by Crippen LogP contribution is -2.21. The molecule has 0 amide bonds. The Morgan fingerprint density at radius 3 is 2.75 bits per heavy atom. The number of hydrogen-bond donors (Lipinski definition) is 1. The number of anilines is 1. The summed E-state index contributed by atoms with van der Waals surface area (Å²) in [7, 11) is 0. The SMILES string of the molecule is Nc1cnc(-c2cccc([C@@H]3CCC(OC(F)(F)F)C3)c2)c(Cl)n1. The van der Waals surface area contributed by atoms with Crippen LogP contribution in [-0.2, 0) is 4.74 Å². The molecule has 8 heteroatoms. The molecule has 128 valence electrons. The van der Waals surface area contributed by atoms with Gasteiger partial charge in [0.05, 0.1) is 12.3 Å². The molecular weight excluding hydrogens is 343 g/mol. The van der Waals surface area contributed by atoms with Crippen molar-refractivity contribution in [3.63, 3.8) is 0 Å². The van der Waals surface area contributed by atoms with Crippen molar-refractivity contribution in [3.8, 4) is 11.3 Å². The topological polar surface area (TPSA) is 61.0 Å². The fraction of sp³-hybridized carbons (Fsp3) is 0.375. The van der Waals surface area contributed by atoms with Gasteiger partial charge in [-0.05, 0) is 36.8 Å². The second-order valence-corrected chi connectivity index (χ2v) is 6.11. The second-order valence-electron chi connectivity index (χ2n) is 5.76. The van der Waals surface area contributed by atoms with Crippen LogP contribution in [0.15, 0.2) is 30.5 Å². The van der Waals surface area contributed by atoms with Gasteiger partial charge in [-0.15, -0.1) is 13.2 Å². The van der Waals surface area contributed by atoms with Gasteiger partial charge in [0.15, 0.2) is 5.15 Å². The maximum atomic E-state index is 12.3. The van der Waals surface area contributed by atoms with E-state index < -0.39 is 12.5 Å². The maximum Gasteiger partial charge on any atom is 0.522 e. The van der Waals surface area contributed by atoms with Crippen LogP contribution in [0.4, 0.5) is 19.0 Å². The van der Waals surface area contributed by atoms with Gasteiger partial charge in [-0.3, -0.25) is 4.74 Å². The van der Waals surface area contributed by atoms with Crippen LogP contribution in [0, 0.1) is 0 Å². The Morgan fingerprint density at radius 2 is 2.04 bits per heavy atom. The minimum absolute atomic E-state index is 0.0119. The number of nitrogens with two attached hydrogens (primary N) is 1. The third-order valence-electron chi connectivity index (χ3n) is 4.06. The highest BCUT2D eigenvalue weighted by molar-refractivity contribution is 6.31. The van der Waals surface area contributed by atoms with Crippen molar-refractivity contribution < 1.29 is 17.9 Å². The third kappa shape index (κ3) is 3.96. The molecule has 2 N–H and O–H groups in total. The van der Waals surface area contributed by atoms with Gasteiger partial charge in [0.1, 0.15) is 11.5 Å². The van der Waals surface area contributed by atoms with Gasteiger partial charge in [-0.2, -0.15) is 0 Å². The van der Waals surface area contributed by atoms with E-state index in [1.54, 1.807) is 0 Å². The average molecular weight is 358 g/mol. The molecule has 3 rings (SSSR count). The Balaban J connectivity index is 1.79. The molecule has 1 aliphatic carbocycles. The first-order valence-corrected chi connectivity index (χ1v) is 7.82. The normalized spacial score (nSPS) is 21.2. The molecule has 24 heavy (non-hydrogen) atoms. The molecule has 0 spiro atoms. The Kier molecular flexibility index (Phi) is 4.64. The monoisotopic (exact) mass is 357 g/mol. The summed E-state index contributed by atoms with van der Waals surface area (Å²) in [5.41, 5.74) is 7.73. The first kappa shape index (κ1) is 17.0. The van der Waals surface area contributed by atoms with Crippen LogP contribution >= 0.6 is 11.6 Å². The number of hydrogen-bond acceptors (Lipinski definition) is 4. The molecule has 1 aliphatic rings. The molecule has 0 aliphatic heterocycles. The zero-order chi connectivity index (χ0) is 17.3. The zero-order valence-corrected chi connectivity index (χ0v) is 13.3. The molecule has 0 saturated heterocycles. The molecule has 1 aromatic carbocycles. The van der Waals surface area contributed by atoms with Crippen LogP contribution in [0.3, 0.4) is 0 Å². The number of benzene rings is 1. The van der Waals surface area contributed by atoms with Crippen molar-refractivity contribution in [2.24, 2.45) is 0 Å². The predicted molar refractivity (Wildman–Crippen MR) is 84.4 cm³/mol. The van der Waals surface area contributed by atoms with Gasteiger partial charge in [-0.25, -0.2) is 9.97 Å². The summed E-state index contributed by atoms with van der Waals surface area (Å²) >= 11 is 6.07. The summed E-state index contributed by atoms with van der Waals surface area (Å²) in [4.78, 5) is 8.15. The number of nitrogen functional groups attached to an aromatic ring is 1. The number of aromatic nitrogens is 2. The van der Waals surface area contributed by atoms with Gasteiger partial charge in [0.2, 0.25) is 0 Å². The van der Waals surface area contributed by atoms with Crippen LogP contribution in [0.5, 0.6) is 0 Å². The summed E-state index contributed by atoms with van der Waals surface area (Å²) in [6, 6.07) is 7.43. The lowest BCUT2D eigenvalue weighted by Gasteiger charge is -2.15. The van der Waals surface area contributed by atoms with Gasteiger partial charge in [0.25, 0.3) is 0 Å². The van der Waals surface area contributed by atoms with Crippen LogP contribution < -0.4 is 5.73 Å². The third-order valence-corrected chi connectivity index (χ3v) is 4.33. The summed E-state index contributed by atoms with van der Waals surface area (Å²) < 4.78 is 41.2. The van der Waals surface area contributed by atoms with Crippen molar-refractivity contribution in [1.29, 1.82) is 0 Å². The smallest absolute Gasteiger partial charge is 0.382 e. The van der Waals surface area contributed by atoms with Crippen LogP contribution in [0.2, 0.25) is 5.15 Å². The van der Waals surface area contributed by atoms with Gasteiger partial charge >= 0.3 is 6.36 Å². The Bertz CT molecular complexity index is 739. The molecule has 2 aromatic rings. The molecule has 1 heterocycles. The first-order valence-electron chi connectivity index (χ1n) is 7.45. The highest BCUT2D eigenvalue weighted by atomic mass is 35.5. The molecule has 2 atom stereocenters. The molecule has 1 unspecified atom stereocenters. The number of nitrogens with zero attached hydrogens (tertiary/aromatic N) is 2. The number of alkyl halides is 3. The largest absolute Gasteiger partial charge is 0.522 e. The summed E-state index contributed by atoms with van der Waals surface area (Å²) in [6.45, 7) is 0. The van der Waals surface area contributed by atoms with E-state index >= 15 is 0 Å². The van der Waals surface area contributed by atoms with Crippen LogP contribution in [-0.4, -0.2) is 22.4 Å². The van der Waals surface area contributed by atoms with Gasteiger partial charge in [-0.1, -0.05) is 29.8 Å². The van der Waals surface area contributed by atoms with Crippen molar-refractivity contribution in [2.45, 2.75) is 37.6 Å². The van der Waals surface area contributed by atoms with E-state index in [0.29, 0.717) is 25.0 Å². The number of halogens is 4. The standard InChI is InChI=1S/C16H15ClF3N3O/c17-15-14(22-8-13(21)23-15)11-3-1-2-9(6-11)10-4-5-12(7-10)24-16(18,19)20/h1-3,6,8,10,12H,4-5,7H2,(H2,21,23)/t10-,12?/m1/s1. The predicted octanol–water partition coefficient (Wildman–Crippen LogP) is 4.55. The van der Waals surface area contributed by atoms with E-state index in [9.17, 15) is 13.2 Å². The zero-order valence-electron chi connectivity index (χ0n) is 12.6. The van der Waals surface area contributed by atoms with E-state index in [1.165, 1.54) is 6.20 Å². The Hall–Kier alpha value is -1.86. The van der Waals surface area contributed by atoms with E-state index in [2.05, 4.69) is 14.7 Å². The number of ether oxygens (including phenoxy) is 1. The molecular formula is C16H15ClF3N3O. The lowest BCUT2D eigenvalue weighted by atomic mass is 9.95. The molecule has 1 fully saturated rings. The minimum atomic E-state index is -4.59. The molecule has 0 bridgehead atoms. The number of rotatable bonds is 3. The summed E-state index contributed by atoms with van der Waals surface area (Å²) in [6.07, 6.45) is -2.60. The summed E-state index contributed by atoms with van der Waals surface area (Å²) in [5.74, 6) is 0.237. The van der Waals surface area contributed by atoms with E-state index in [4.69, 9.17) is 17.3 Å². The average Bonchev–Trinajstić information content (AvgIpc) is 2.94. The van der Waals surface area contributed by atoms with Crippen molar-refractivity contribution in [2.75, 3.05) is 5.73 Å². The van der Waals surface area contributed by atoms with Crippen LogP contribution in [0.25, 0.3) is 11.3 Å². The molecule has 4 nitrogen and oxygen atoms in total. The minimum Gasteiger partial charge on any atom is -0.382 e. The van der Waals surface area contributed by atoms with Gasteiger partial charge < -0.3 is 5.73 Å². The maximum absolute atomic E-state index is 12.3. The van der Waals surface area contributed by atoms with Crippen LogP contribution in [0.1, 0.15) is 30.7 Å².